The molecule has 1 N–H and O–H groups in total. The average molecular weight is 274 g/mol. The van der Waals surface area contributed by atoms with Crippen LogP contribution in [0.1, 0.15) is 27.9 Å². The van der Waals surface area contributed by atoms with Gasteiger partial charge in [-0.3, -0.25) is 4.79 Å². The van der Waals surface area contributed by atoms with Crippen LogP contribution in [0.3, 0.4) is 0 Å². The van der Waals surface area contributed by atoms with Crippen LogP contribution in [0.5, 0.6) is 0 Å². The molecular weight excluding hydrogens is 260 g/mol. The SMILES string of the molecule is COC(=O)C(NC(=O)c1cc(C)on1)c1ccccc1. The van der Waals surface area contributed by atoms with E-state index in [0.29, 0.717) is 11.3 Å². The highest BCUT2D eigenvalue weighted by molar-refractivity contribution is 5.95. The summed E-state index contributed by atoms with van der Waals surface area (Å²) in [6.45, 7) is 1.68. The topological polar surface area (TPSA) is 81.4 Å². The number of aryl methyl sites for hydroxylation is 1. The summed E-state index contributed by atoms with van der Waals surface area (Å²) in [6, 6.07) is 9.45. The van der Waals surface area contributed by atoms with Gasteiger partial charge in [0, 0.05) is 6.07 Å². The van der Waals surface area contributed by atoms with Crippen molar-refractivity contribution in [3.05, 3.63) is 53.4 Å². The van der Waals surface area contributed by atoms with Gasteiger partial charge in [-0.25, -0.2) is 4.79 Å². The number of carbonyl (C=O) groups is 2. The Balaban J connectivity index is 2.21. The number of rotatable bonds is 4. The maximum atomic E-state index is 12.0. The van der Waals surface area contributed by atoms with E-state index in [2.05, 4.69) is 10.5 Å². The summed E-state index contributed by atoms with van der Waals surface area (Å²) in [5.41, 5.74) is 0.750. The molecule has 1 atom stereocenters. The highest BCUT2D eigenvalue weighted by atomic mass is 16.5. The fourth-order valence-corrected chi connectivity index (χ4v) is 1.72. The first kappa shape index (κ1) is 13.8. The van der Waals surface area contributed by atoms with Gasteiger partial charge in [-0.1, -0.05) is 35.5 Å². The van der Waals surface area contributed by atoms with Crippen molar-refractivity contribution in [2.75, 3.05) is 7.11 Å². The molecule has 0 fully saturated rings. The highest BCUT2D eigenvalue weighted by Gasteiger charge is 2.25. The summed E-state index contributed by atoms with van der Waals surface area (Å²) in [5.74, 6) is -0.532. The first-order chi connectivity index (χ1) is 9.61. The predicted molar refractivity (Wildman–Crippen MR) is 69.9 cm³/mol. The lowest BCUT2D eigenvalue weighted by Crippen LogP contribution is -2.34. The van der Waals surface area contributed by atoms with Gasteiger partial charge >= 0.3 is 5.97 Å². The molecule has 0 saturated carbocycles. The number of methoxy groups -OCH3 is 1. The normalized spacial score (nSPS) is 11.7. The molecule has 0 bridgehead atoms. The molecule has 6 nitrogen and oxygen atoms in total. The molecular formula is C14H14N2O4. The number of esters is 1. The third kappa shape index (κ3) is 3.03. The second-order valence-electron chi connectivity index (χ2n) is 4.16. The number of carbonyl (C=O) groups excluding carboxylic acids is 2. The minimum atomic E-state index is -0.884. The van der Waals surface area contributed by atoms with Crippen LogP contribution in [-0.4, -0.2) is 24.1 Å². The van der Waals surface area contributed by atoms with Gasteiger partial charge in [0.1, 0.15) is 5.76 Å². The standard InChI is InChI=1S/C14H14N2O4/c1-9-8-11(16-20-9)13(17)15-12(14(18)19-2)10-6-4-3-5-7-10/h3-8,12H,1-2H3,(H,15,17). The number of benzene rings is 1. The zero-order chi connectivity index (χ0) is 14.5. The fraction of sp³-hybridized carbons (Fsp3) is 0.214. The van der Waals surface area contributed by atoms with Crippen LogP contribution < -0.4 is 5.32 Å². The summed E-state index contributed by atoms with van der Waals surface area (Å²) in [6.07, 6.45) is 0. The molecule has 2 rings (SSSR count). The van der Waals surface area contributed by atoms with Gasteiger partial charge < -0.3 is 14.6 Å². The molecule has 20 heavy (non-hydrogen) atoms. The third-order valence-electron chi connectivity index (χ3n) is 2.71. The van der Waals surface area contributed by atoms with E-state index in [-0.39, 0.29) is 5.69 Å². The number of nitrogens with zero attached hydrogens (tertiary/aromatic N) is 1. The molecule has 0 spiro atoms. The molecule has 0 saturated heterocycles. The van der Waals surface area contributed by atoms with E-state index in [0.717, 1.165) is 0 Å². The average Bonchev–Trinajstić information content (AvgIpc) is 2.91. The Bertz CT molecular complexity index is 607. The van der Waals surface area contributed by atoms with Gasteiger partial charge in [0.25, 0.3) is 5.91 Å². The first-order valence-electron chi connectivity index (χ1n) is 5.98. The largest absolute Gasteiger partial charge is 0.467 e. The van der Waals surface area contributed by atoms with Crippen molar-refractivity contribution in [2.45, 2.75) is 13.0 Å². The minimum Gasteiger partial charge on any atom is -0.467 e. The summed E-state index contributed by atoms with van der Waals surface area (Å²) < 4.78 is 9.54. The van der Waals surface area contributed by atoms with Crippen molar-refractivity contribution in [2.24, 2.45) is 0 Å². The molecule has 1 unspecified atom stereocenters. The van der Waals surface area contributed by atoms with E-state index >= 15 is 0 Å². The van der Waals surface area contributed by atoms with Crippen LogP contribution in [0.25, 0.3) is 0 Å². The smallest absolute Gasteiger partial charge is 0.333 e. The maximum Gasteiger partial charge on any atom is 0.333 e. The van der Waals surface area contributed by atoms with Crippen LogP contribution in [0.2, 0.25) is 0 Å². The van der Waals surface area contributed by atoms with Gasteiger partial charge in [-0.15, -0.1) is 0 Å². The second kappa shape index (κ2) is 6.01. The Morgan fingerprint density at radius 1 is 1.30 bits per heavy atom. The Morgan fingerprint density at radius 2 is 2.00 bits per heavy atom. The third-order valence-corrected chi connectivity index (χ3v) is 2.71. The van der Waals surface area contributed by atoms with Gasteiger partial charge in [-0.2, -0.15) is 0 Å². The van der Waals surface area contributed by atoms with Crippen molar-refractivity contribution >= 4 is 11.9 Å². The van der Waals surface area contributed by atoms with Gasteiger partial charge in [-0.05, 0) is 12.5 Å². The van der Waals surface area contributed by atoms with Crippen molar-refractivity contribution in [1.82, 2.24) is 10.5 Å². The van der Waals surface area contributed by atoms with Crippen molar-refractivity contribution in [3.8, 4) is 0 Å². The molecule has 0 radical (unpaired) electrons. The van der Waals surface area contributed by atoms with Crippen LogP contribution in [0, 0.1) is 6.92 Å². The quantitative estimate of drug-likeness (QED) is 0.857. The molecule has 0 aliphatic carbocycles. The number of nitrogens with one attached hydrogen (secondary N) is 1. The molecule has 1 aromatic heterocycles. The van der Waals surface area contributed by atoms with Crippen molar-refractivity contribution < 1.29 is 18.8 Å². The Hall–Kier alpha value is -2.63. The number of aromatic nitrogens is 1. The molecule has 0 aliphatic heterocycles. The van der Waals surface area contributed by atoms with E-state index < -0.39 is 17.9 Å². The van der Waals surface area contributed by atoms with E-state index in [9.17, 15) is 9.59 Å². The van der Waals surface area contributed by atoms with Crippen molar-refractivity contribution in [1.29, 1.82) is 0 Å². The maximum absolute atomic E-state index is 12.0. The molecule has 104 valence electrons. The number of hydrogen-bond acceptors (Lipinski definition) is 5. The Labute approximate surface area is 115 Å². The fourth-order valence-electron chi connectivity index (χ4n) is 1.72. The zero-order valence-electron chi connectivity index (χ0n) is 11.1. The molecule has 6 heteroatoms. The number of ether oxygens (including phenoxy) is 1. The highest BCUT2D eigenvalue weighted by Crippen LogP contribution is 2.15. The lowest BCUT2D eigenvalue weighted by Gasteiger charge is -2.15. The lowest BCUT2D eigenvalue weighted by molar-refractivity contribution is -0.143. The van der Waals surface area contributed by atoms with E-state index in [1.54, 1.807) is 31.2 Å². The number of hydrogen-bond donors (Lipinski definition) is 1. The van der Waals surface area contributed by atoms with Crippen LogP contribution in [-0.2, 0) is 9.53 Å². The summed E-state index contributed by atoms with van der Waals surface area (Å²) in [5, 5.41) is 6.19. The van der Waals surface area contributed by atoms with Crippen molar-refractivity contribution in [3.63, 3.8) is 0 Å². The monoisotopic (exact) mass is 274 g/mol. The van der Waals surface area contributed by atoms with Crippen LogP contribution in [0.15, 0.2) is 40.9 Å². The molecule has 0 aliphatic rings. The Kier molecular flexibility index (Phi) is 4.14. The predicted octanol–water partition coefficient (Wildman–Crippen LogP) is 1.63. The second-order valence-corrected chi connectivity index (χ2v) is 4.16. The molecule has 1 amide bonds. The van der Waals surface area contributed by atoms with Gasteiger partial charge in [0.05, 0.1) is 7.11 Å². The van der Waals surface area contributed by atoms with Crippen LogP contribution >= 0.6 is 0 Å². The number of amides is 1. The van der Waals surface area contributed by atoms with E-state index in [1.807, 2.05) is 6.07 Å². The van der Waals surface area contributed by atoms with Crippen LogP contribution in [0.4, 0.5) is 0 Å². The Morgan fingerprint density at radius 3 is 2.55 bits per heavy atom. The molecule has 1 aromatic carbocycles. The molecule has 1 heterocycles. The van der Waals surface area contributed by atoms with E-state index in [1.165, 1.54) is 13.2 Å². The minimum absolute atomic E-state index is 0.118. The summed E-state index contributed by atoms with van der Waals surface area (Å²) in [4.78, 5) is 23.8. The van der Waals surface area contributed by atoms with Gasteiger partial charge in [0.2, 0.25) is 0 Å². The molecule has 2 aromatic rings. The van der Waals surface area contributed by atoms with E-state index in [4.69, 9.17) is 9.26 Å². The summed E-state index contributed by atoms with van der Waals surface area (Å²) >= 11 is 0. The summed E-state index contributed by atoms with van der Waals surface area (Å²) in [7, 11) is 1.27. The van der Waals surface area contributed by atoms with Gasteiger partial charge in [0.15, 0.2) is 11.7 Å². The first-order valence-corrected chi connectivity index (χ1v) is 5.98. The lowest BCUT2D eigenvalue weighted by atomic mass is 10.1. The zero-order valence-corrected chi connectivity index (χ0v) is 11.1.